The van der Waals surface area contributed by atoms with Gasteiger partial charge in [-0.2, -0.15) is 0 Å². The summed E-state index contributed by atoms with van der Waals surface area (Å²) in [6.07, 6.45) is 0. The number of halogens is 2. The van der Waals surface area contributed by atoms with Crippen LogP contribution in [0.3, 0.4) is 0 Å². The van der Waals surface area contributed by atoms with Crippen molar-refractivity contribution >= 4 is 23.2 Å². The molecule has 0 saturated carbocycles. The lowest BCUT2D eigenvalue weighted by Crippen LogP contribution is -2.36. The first-order chi connectivity index (χ1) is 8.08. The van der Waals surface area contributed by atoms with Gasteiger partial charge in [0.1, 0.15) is 5.82 Å². The molecule has 1 aliphatic rings. The van der Waals surface area contributed by atoms with Gasteiger partial charge in [0.25, 0.3) is 5.91 Å². The van der Waals surface area contributed by atoms with Gasteiger partial charge in [-0.15, -0.1) is 0 Å². The third kappa shape index (κ3) is 2.65. The Morgan fingerprint density at radius 3 is 2.76 bits per heavy atom. The van der Waals surface area contributed by atoms with Crippen molar-refractivity contribution in [2.75, 3.05) is 18.4 Å². The molecule has 2 rings (SSSR count). The smallest absolute Gasteiger partial charge is 0.251 e. The molecule has 1 fully saturated rings. The van der Waals surface area contributed by atoms with Crippen molar-refractivity contribution in [3.05, 3.63) is 40.2 Å². The number of benzene rings is 1. The lowest BCUT2D eigenvalue weighted by molar-refractivity contribution is -0.112. The standard InChI is InChI=1S/C12H12ClFN2O/c1-7(8-5-15-6-8)12(17)16-11-4-9(14)2-3-10(11)13/h2-4,15H,5-6H2,1H3,(H,16,17). The fourth-order valence-electron chi connectivity index (χ4n) is 1.49. The van der Waals surface area contributed by atoms with Crippen molar-refractivity contribution in [1.29, 1.82) is 0 Å². The highest BCUT2D eigenvalue weighted by Gasteiger charge is 2.16. The van der Waals surface area contributed by atoms with Gasteiger partial charge in [-0.1, -0.05) is 11.6 Å². The summed E-state index contributed by atoms with van der Waals surface area (Å²) in [5, 5.41) is 5.98. The summed E-state index contributed by atoms with van der Waals surface area (Å²) in [5.41, 5.74) is 2.02. The summed E-state index contributed by atoms with van der Waals surface area (Å²) in [6, 6.07) is 3.87. The van der Waals surface area contributed by atoms with Crippen LogP contribution in [-0.2, 0) is 4.79 Å². The molecule has 0 spiro atoms. The van der Waals surface area contributed by atoms with Gasteiger partial charge in [-0.25, -0.2) is 4.39 Å². The molecule has 1 aromatic carbocycles. The van der Waals surface area contributed by atoms with Crippen molar-refractivity contribution < 1.29 is 9.18 Å². The first-order valence-electron chi connectivity index (χ1n) is 5.23. The van der Waals surface area contributed by atoms with Gasteiger partial charge in [0.15, 0.2) is 0 Å². The van der Waals surface area contributed by atoms with E-state index in [-0.39, 0.29) is 5.91 Å². The molecule has 1 amide bonds. The van der Waals surface area contributed by atoms with Crippen LogP contribution in [0.5, 0.6) is 0 Å². The van der Waals surface area contributed by atoms with Crippen LogP contribution >= 0.6 is 11.6 Å². The summed E-state index contributed by atoms with van der Waals surface area (Å²) in [7, 11) is 0. The maximum Gasteiger partial charge on any atom is 0.251 e. The van der Waals surface area contributed by atoms with E-state index in [4.69, 9.17) is 11.6 Å². The van der Waals surface area contributed by atoms with E-state index >= 15 is 0 Å². The van der Waals surface area contributed by atoms with Crippen molar-refractivity contribution in [3.63, 3.8) is 0 Å². The third-order valence-electron chi connectivity index (χ3n) is 2.72. The monoisotopic (exact) mass is 254 g/mol. The number of anilines is 1. The number of carbonyl (C=O) groups excluding carboxylic acids is 1. The van der Waals surface area contributed by atoms with E-state index in [0.29, 0.717) is 16.3 Å². The Morgan fingerprint density at radius 1 is 1.47 bits per heavy atom. The molecule has 1 saturated heterocycles. The van der Waals surface area contributed by atoms with Crippen LogP contribution in [0, 0.1) is 5.82 Å². The minimum absolute atomic E-state index is 0.242. The van der Waals surface area contributed by atoms with Gasteiger partial charge < -0.3 is 10.6 Å². The summed E-state index contributed by atoms with van der Waals surface area (Å²) >= 11 is 5.86. The van der Waals surface area contributed by atoms with Gasteiger partial charge >= 0.3 is 0 Å². The predicted molar refractivity (Wildman–Crippen MR) is 65.6 cm³/mol. The molecule has 3 nitrogen and oxygen atoms in total. The van der Waals surface area contributed by atoms with E-state index in [9.17, 15) is 9.18 Å². The van der Waals surface area contributed by atoms with Gasteiger partial charge in [0.2, 0.25) is 0 Å². The zero-order valence-electron chi connectivity index (χ0n) is 9.31. The zero-order valence-corrected chi connectivity index (χ0v) is 10.1. The maximum absolute atomic E-state index is 13.0. The molecule has 0 radical (unpaired) electrons. The molecule has 1 aromatic rings. The minimum atomic E-state index is -0.430. The molecule has 2 N–H and O–H groups in total. The lowest BCUT2D eigenvalue weighted by atomic mass is 10.0. The highest BCUT2D eigenvalue weighted by molar-refractivity contribution is 6.33. The van der Waals surface area contributed by atoms with Crippen molar-refractivity contribution in [1.82, 2.24) is 5.32 Å². The Morgan fingerprint density at radius 2 is 2.18 bits per heavy atom. The molecule has 1 aliphatic heterocycles. The van der Waals surface area contributed by atoms with Crippen LogP contribution in [-0.4, -0.2) is 19.0 Å². The van der Waals surface area contributed by atoms with E-state index in [1.165, 1.54) is 18.2 Å². The molecule has 90 valence electrons. The second-order valence-electron chi connectivity index (χ2n) is 3.91. The highest BCUT2D eigenvalue weighted by Crippen LogP contribution is 2.23. The number of rotatable bonds is 2. The number of hydrogen-bond donors (Lipinski definition) is 2. The zero-order chi connectivity index (χ0) is 12.4. The van der Waals surface area contributed by atoms with Crippen LogP contribution in [0.4, 0.5) is 10.1 Å². The van der Waals surface area contributed by atoms with Gasteiger partial charge in [-0.05, 0) is 30.7 Å². The maximum atomic E-state index is 13.0. The van der Waals surface area contributed by atoms with Crippen LogP contribution in [0.1, 0.15) is 6.92 Å². The lowest BCUT2D eigenvalue weighted by Gasteiger charge is -2.21. The van der Waals surface area contributed by atoms with Crippen LogP contribution < -0.4 is 10.6 Å². The van der Waals surface area contributed by atoms with E-state index in [1.54, 1.807) is 6.92 Å². The third-order valence-corrected chi connectivity index (χ3v) is 3.05. The summed E-state index contributed by atoms with van der Waals surface area (Å²) < 4.78 is 13.0. The Balaban J connectivity index is 2.15. The van der Waals surface area contributed by atoms with Gasteiger partial charge in [-0.3, -0.25) is 4.79 Å². The molecule has 1 heterocycles. The molecular weight excluding hydrogens is 243 g/mol. The van der Waals surface area contributed by atoms with E-state index < -0.39 is 5.82 Å². The Labute approximate surface area is 104 Å². The largest absolute Gasteiger partial charge is 0.321 e. The molecule has 0 aromatic heterocycles. The number of carbonyl (C=O) groups is 1. The Kier molecular flexibility index (Phi) is 3.45. The van der Waals surface area contributed by atoms with Gasteiger partial charge in [0, 0.05) is 18.7 Å². The molecule has 0 atom stereocenters. The fourth-order valence-corrected chi connectivity index (χ4v) is 1.65. The van der Waals surface area contributed by atoms with E-state index in [0.717, 1.165) is 18.7 Å². The summed E-state index contributed by atoms with van der Waals surface area (Å²) in [6.45, 7) is 3.21. The second kappa shape index (κ2) is 4.85. The van der Waals surface area contributed by atoms with Crippen molar-refractivity contribution in [2.24, 2.45) is 0 Å². The molecule has 17 heavy (non-hydrogen) atoms. The molecule has 5 heteroatoms. The van der Waals surface area contributed by atoms with Crippen LogP contribution in [0.15, 0.2) is 29.3 Å². The Bertz CT molecular complexity index is 493. The number of hydrogen-bond acceptors (Lipinski definition) is 2. The van der Waals surface area contributed by atoms with E-state index in [1.807, 2.05) is 0 Å². The van der Waals surface area contributed by atoms with E-state index in [2.05, 4.69) is 10.6 Å². The highest BCUT2D eigenvalue weighted by atomic mass is 35.5. The molecule has 0 bridgehead atoms. The second-order valence-corrected chi connectivity index (χ2v) is 4.32. The van der Waals surface area contributed by atoms with Crippen LogP contribution in [0.25, 0.3) is 0 Å². The Hall–Kier alpha value is -1.39. The average molecular weight is 255 g/mol. The summed E-state index contributed by atoms with van der Waals surface area (Å²) in [4.78, 5) is 11.8. The SMILES string of the molecule is CC(C(=O)Nc1cc(F)ccc1Cl)=C1CNC1. The van der Waals surface area contributed by atoms with Crippen LogP contribution in [0.2, 0.25) is 5.02 Å². The molecule has 0 unspecified atom stereocenters. The minimum Gasteiger partial charge on any atom is -0.321 e. The van der Waals surface area contributed by atoms with Crippen molar-refractivity contribution in [2.45, 2.75) is 6.92 Å². The first kappa shape index (κ1) is 12.1. The normalized spacial score (nSPS) is 14.2. The van der Waals surface area contributed by atoms with Gasteiger partial charge in [0.05, 0.1) is 10.7 Å². The quantitative estimate of drug-likeness (QED) is 0.796. The van der Waals surface area contributed by atoms with Crippen molar-refractivity contribution in [3.8, 4) is 0 Å². The molecular formula is C12H12ClFN2O. The predicted octanol–water partition coefficient (Wildman–Crippen LogP) is 2.34. The fraction of sp³-hybridized carbons (Fsp3) is 0.250. The topological polar surface area (TPSA) is 41.1 Å². The average Bonchev–Trinajstić information content (AvgIpc) is 2.21. The number of nitrogens with one attached hydrogen (secondary N) is 2. The molecule has 0 aliphatic carbocycles. The number of amides is 1. The first-order valence-corrected chi connectivity index (χ1v) is 5.61. The summed E-state index contributed by atoms with van der Waals surface area (Å²) in [5.74, 6) is -0.672.